The van der Waals surface area contributed by atoms with Crippen molar-refractivity contribution in [3.05, 3.63) is 103 Å². The number of aromatic nitrogens is 1. The summed E-state index contributed by atoms with van der Waals surface area (Å²) in [5.41, 5.74) is 0.523. The fraction of sp³-hybridized carbons (Fsp3) is 0.441. The number of allylic oxidation sites excluding steroid dienone is 12. The van der Waals surface area contributed by atoms with E-state index >= 15 is 0 Å². The molecule has 1 heterocycles. The molecular weight excluding hydrogens is 514 g/mol. The lowest BCUT2D eigenvalue weighted by atomic mass is 10.2. The first-order chi connectivity index (χ1) is 20.2. The molecule has 0 spiro atoms. The molecule has 0 fully saturated rings. The highest BCUT2D eigenvalue weighted by Gasteiger charge is 2.03. The predicted molar refractivity (Wildman–Crippen MR) is 169 cm³/mol. The molecule has 0 bridgehead atoms. The summed E-state index contributed by atoms with van der Waals surface area (Å²) in [6.45, 7) is 4.75. The van der Waals surface area contributed by atoms with E-state index in [0.29, 0.717) is 51.5 Å². The third kappa shape index (κ3) is 24.0. The zero-order valence-electron chi connectivity index (χ0n) is 24.7. The number of carbonyl (C=O) groups excluding carboxylic acids is 2. The Balaban J connectivity index is 1.87. The summed E-state index contributed by atoms with van der Waals surface area (Å²) in [6.07, 6.45) is 36.3. The zero-order chi connectivity index (χ0) is 29.5. The van der Waals surface area contributed by atoms with Crippen molar-refractivity contribution in [2.45, 2.75) is 58.3 Å². The first-order valence-corrected chi connectivity index (χ1v) is 14.7. The molecule has 0 aromatic carbocycles. The van der Waals surface area contributed by atoms with E-state index in [-0.39, 0.29) is 11.8 Å². The molecule has 0 aliphatic carbocycles. The molecule has 0 saturated heterocycles. The van der Waals surface area contributed by atoms with Gasteiger partial charge in [0.15, 0.2) is 0 Å². The van der Waals surface area contributed by atoms with Crippen LogP contribution in [0.5, 0.6) is 0 Å². The summed E-state index contributed by atoms with van der Waals surface area (Å²) in [5, 5.41) is 5.63. The van der Waals surface area contributed by atoms with Crippen molar-refractivity contribution in [1.82, 2.24) is 15.6 Å². The number of carbonyl (C=O) groups is 2. The molecule has 0 aliphatic rings. The van der Waals surface area contributed by atoms with E-state index in [4.69, 9.17) is 9.47 Å². The second-order valence-electron chi connectivity index (χ2n) is 9.03. The van der Waals surface area contributed by atoms with E-state index in [2.05, 4.69) is 89.4 Å². The van der Waals surface area contributed by atoms with Crippen LogP contribution in [-0.4, -0.2) is 56.3 Å². The summed E-state index contributed by atoms with van der Waals surface area (Å²) in [5.74, 6) is -0.150. The topological polar surface area (TPSA) is 89.5 Å². The van der Waals surface area contributed by atoms with Gasteiger partial charge in [0.25, 0.3) is 5.91 Å². The van der Waals surface area contributed by atoms with Crippen molar-refractivity contribution in [3.8, 4) is 0 Å². The number of hydrogen-bond acceptors (Lipinski definition) is 5. The first-order valence-electron chi connectivity index (χ1n) is 14.7. The van der Waals surface area contributed by atoms with Gasteiger partial charge in [0.2, 0.25) is 5.91 Å². The molecule has 1 aromatic rings. The Kier molecular flexibility index (Phi) is 24.2. The Hall–Kier alpha value is -3.55. The number of ether oxygens (including phenoxy) is 2. The number of amides is 2. The maximum absolute atomic E-state index is 11.9. The summed E-state index contributed by atoms with van der Waals surface area (Å²) in [6, 6.07) is 3.43. The average molecular weight is 564 g/mol. The van der Waals surface area contributed by atoms with Gasteiger partial charge in [-0.1, -0.05) is 79.8 Å². The van der Waals surface area contributed by atoms with Crippen LogP contribution in [0.3, 0.4) is 0 Å². The zero-order valence-corrected chi connectivity index (χ0v) is 24.7. The van der Waals surface area contributed by atoms with Crippen LogP contribution < -0.4 is 10.6 Å². The van der Waals surface area contributed by atoms with Crippen molar-refractivity contribution < 1.29 is 19.1 Å². The van der Waals surface area contributed by atoms with Gasteiger partial charge in [-0.25, -0.2) is 0 Å². The molecule has 224 valence electrons. The lowest BCUT2D eigenvalue weighted by Crippen LogP contribution is -2.28. The van der Waals surface area contributed by atoms with Gasteiger partial charge < -0.3 is 20.1 Å². The fourth-order valence-electron chi connectivity index (χ4n) is 3.36. The SMILES string of the molecule is CC/C=C\C/C=C\C/C=C\C/C=C\C/C=C\C/C=C\CCC(=O)NCCOCCOCCNC(=O)c1cccnc1. The minimum atomic E-state index is -0.172. The summed E-state index contributed by atoms with van der Waals surface area (Å²) in [4.78, 5) is 27.7. The molecule has 0 unspecified atom stereocenters. The summed E-state index contributed by atoms with van der Waals surface area (Å²) < 4.78 is 10.9. The van der Waals surface area contributed by atoms with Gasteiger partial charge in [0.05, 0.1) is 32.0 Å². The van der Waals surface area contributed by atoms with Gasteiger partial charge >= 0.3 is 0 Å². The van der Waals surface area contributed by atoms with Gasteiger partial charge in [-0.3, -0.25) is 14.6 Å². The standard InChI is InChI=1S/C34H49N3O4/c1-2-3-4-5-6-7-8-9-10-11-12-13-14-15-16-17-18-19-20-23-33(38)36-25-27-40-29-30-41-28-26-37-34(39)32-22-21-24-35-31-32/h3-4,6-7,9-10,12-13,15-16,18-19,21-22,24,31H,2,5,8,11,14,17,20,23,25-30H2,1H3,(H,36,38)(H,37,39)/b4-3-,7-6-,10-9-,13-12-,16-15-,19-18-. The molecule has 0 aliphatic heterocycles. The van der Waals surface area contributed by atoms with Crippen molar-refractivity contribution in [2.75, 3.05) is 39.5 Å². The second kappa shape index (κ2) is 28.0. The molecule has 0 atom stereocenters. The number of nitrogens with zero attached hydrogens (tertiary/aromatic N) is 1. The highest BCUT2D eigenvalue weighted by atomic mass is 16.5. The largest absolute Gasteiger partial charge is 0.377 e. The Bertz CT molecular complexity index is 965. The third-order valence-corrected chi connectivity index (χ3v) is 5.53. The molecule has 0 radical (unpaired) electrons. The number of pyridine rings is 1. The van der Waals surface area contributed by atoms with Crippen molar-refractivity contribution >= 4 is 11.8 Å². The van der Waals surface area contributed by atoms with Gasteiger partial charge in [0.1, 0.15) is 0 Å². The summed E-state index contributed by atoms with van der Waals surface area (Å²) >= 11 is 0. The lowest BCUT2D eigenvalue weighted by molar-refractivity contribution is -0.121. The predicted octanol–water partition coefficient (Wildman–Crippen LogP) is 6.44. The quantitative estimate of drug-likeness (QED) is 0.112. The lowest BCUT2D eigenvalue weighted by Gasteiger charge is -2.08. The Morgan fingerprint density at radius 2 is 1.22 bits per heavy atom. The van der Waals surface area contributed by atoms with E-state index in [1.807, 2.05) is 6.08 Å². The molecule has 7 nitrogen and oxygen atoms in total. The Labute approximate surface area is 247 Å². The highest BCUT2D eigenvalue weighted by Crippen LogP contribution is 1.98. The van der Waals surface area contributed by atoms with E-state index in [9.17, 15) is 9.59 Å². The van der Waals surface area contributed by atoms with Crippen LogP contribution in [0.25, 0.3) is 0 Å². The third-order valence-electron chi connectivity index (χ3n) is 5.53. The maximum atomic E-state index is 11.9. The van der Waals surface area contributed by atoms with Crippen LogP contribution in [0.1, 0.15) is 68.6 Å². The molecule has 2 amide bonds. The highest BCUT2D eigenvalue weighted by molar-refractivity contribution is 5.93. The molecule has 7 heteroatoms. The van der Waals surface area contributed by atoms with Crippen LogP contribution in [0, 0.1) is 0 Å². The van der Waals surface area contributed by atoms with E-state index in [1.54, 1.807) is 18.3 Å². The van der Waals surface area contributed by atoms with E-state index in [1.165, 1.54) is 6.20 Å². The van der Waals surface area contributed by atoms with Crippen LogP contribution in [0.2, 0.25) is 0 Å². The minimum Gasteiger partial charge on any atom is -0.377 e. The normalized spacial score (nSPS) is 12.2. The number of nitrogens with one attached hydrogen (secondary N) is 2. The number of rotatable bonds is 24. The first kappa shape index (κ1) is 35.5. The van der Waals surface area contributed by atoms with E-state index < -0.39 is 0 Å². The van der Waals surface area contributed by atoms with Crippen molar-refractivity contribution in [3.63, 3.8) is 0 Å². The van der Waals surface area contributed by atoms with Gasteiger partial charge in [0, 0.05) is 31.9 Å². The van der Waals surface area contributed by atoms with Gasteiger partial charge in [-0.05, 0) is 57.1 Å². The molecular formula is C34H49N3O4. The summed E-state index contributed by atoms with van der Waals surface area (Å²) in [7, 11) is 0. The van der Waals surface area contributed by atoms with Crippen molar-refractivity contribution in [2.24, 2.45) is 0 Å². The van der Waals surface area contributed by atoms with Gasteiger partial charge in [-0.2, -0.15) is 0 Å². The number of hydrogen-bond donors (Lipinski definition) is 2. The van der Waals surface area contributed by atoms with Crippen molar-refractivity contribution in [1.29, 1.82) is 0 Å². The maximum Gasteiger partial charge on any atom is 0.252 e. The second-order valence-corrected chi connectivity index (χ2v) is 9.03. The molecule has 0 saturated carbocycles. The van der Waals surface area contributed by atoms with Crippen LogP contribution in [-0.2, 0) is 14.3 Å². The van der Waals surface area contributed by atoms with E-state index in [0.717, 1.165) is 44.9 Å². The van der Waals surface area contributed by atoms with Crippen LogP contribution in [0.4, 0.5) is 0 Å². The van der Waals surface area contributed by atoms with Gasteiger partial charge in [-0.15, -0.1) is 0 Å². The van der Waals surface area contributed by atoms with Crippen LogP contribution in [0.15, 0.2) is 97.4 Å². The molecule has 41 heavy (non-hydrogen) atoms. The monoisotopic (exact) mass is 563 g/mol. The molecule has 2 N–H and O–H groups in total. The Morgan fingerprint density at radius 1 is 0.707 bits per heavy atom. The average Bonchev–Trinajstić information content (AvgIpc) is 2.99. The molecule has 1 aromatic heterocycles. The molecule has 1 rings (SSSR count). The fourth-order valence-corrected chi connectivity index (χ4v) is 3.36. The smallest absolute Gasteiger partial charge is 0.252 e. The van der Waals surface area contributed by atoms with Crippen LogP contribution >= 0.6 is 0 Å². The Morgan fingerprint density at radius 3 is 1.73 bits per heavy atom. The minimum absolute atomic E-state index is 0.0220.